The molecule has 0 unspecified atom stereocenters. The van der Waals surface area contributed by atoms with Gasteiger partial charge in [-0.3, -0.25) is 14.9 Å². The van der Waals surface area contributed by atoms with E-state index in [-0.39, 0.29) is 61.9 Å². The molecule has 0 radical (unpaired) electrons. The van der Waals surface area contributed by atoms with Crippen LogP contribution in [0.25, 0.3) is 0 Å². The number of rotatable bonds is 14. The van der Waals surface area contributed by atoms with E-state index < -0.39 is 49.3 Å². The first kappa shape index (κ1) is 32.9. The Kier molecular flexibility index (Phi) is 13.3. The molecule has 1 aromatic carbocycles. The van der Waals surface area contributed by atoms with Crippen LogP contribution >= 0.6 is 0 Å². The molecule has 2 rings (SSSR count). The summed E-state index contributed by atoms with van der Waals surface area (Å²) in [6, 6.07) is 4.32. The van der Waals surface area contributed by atoms with Crippen molar-refractivity contribution in [2.24, 2.45) is 5.92 Å². The SMILES string of the molecule is BC(=O)COCNC(=O)OCc1ccc(O[C@@H]2O[C@H](CO)[C@H](O)[C@H](O)[C@H]2O)c(NC(=O)CCNC(=O)C(C)C)c1. The molecule has 0 aromatic heterocycles. The molecule has 15 nitrogen and oxygen atoms in total. The molecule has 1 fully saturated rings. The Labute approximate surface area is 231 Å². The molecular weight excluding hydrogens is 533 g/mol. The van der Waals surface area contributed by atoms with Gasteiger partial charge in [-0.05, 0) is 17.7 Å². The number of carbonyl (C=O) groups is 4. The van der Waals surface area contributed by atoms with Crippen LogP contribution in [0.2, 0.25) is 0 Å². The van der Waals surface area contributed by atoms with Crippen LogP contribution in [0, 0.1) is 5.92 Å². The summed E-state index contributed by atoms with van der Waals surface area (Å²) in [6.45, 7) is 2.21. The lowest BCUT2D eigenvalue weighted by molar-refractivity contribution is -0.277. The van der Waals surface area contributed by atoms with E-state index in [1.807, 2.05) is 0 Å². The maximum atomic E-state index is 12.6. The van der Waals surface area contributed by atoms with Crippen LogP contribution in [0.3, 0.4) is 0 Å². The molecule has 222 valence electrons. The zero-order chi connectivity index (χ0) is 29.8. The molecule has 40 heavy (non-hydrogen) atoms. The zero-order valence-electron chi connectivity index (χ0n) is 22.5. The topological polar surface area (TPSA) is 222 Å². The number of alkyl carbamates (subject to hydrolysis) is 1. The smallest absolute Gasteiger partial charge is 0.409 e. The molecule has 0 aliphatic carbocycles. The van der Waals surface area contributed by atoms with E-state index in [9.17, 15) is 39.6 Å². The third-order valence-electron chi connectivity index (χ3n) is 5.58. The predicted octanol–water partition coefficient (Wildman–Crippen LogP) is -2.67. The van der Waals surface area contributed by atoms with Crippen molar-refractivity contribution in [2.75, 3.05) is 31.8 Å². The number of anilines is 1. The number of aliphatic hydroxyl groups is 4. The molecule has 7 N–H and O–H groups in total. The summed E-state index contributed by atoms with van der Waals surface area (Å²) in [6.07, 6.45) is -8.58. The summed E-state index contributed by atoms with van der Waals surface area (Å²) in [5.41, 5.74) is 0.297. The molecule has 0 spiro atoms. The third-order valence-corrected chi connectivity index (χ3v) is 5.58. The van der Waals surface area contributed by atoms with Gasteiger partial charge in [-0.2, -0.15) is 0 Å². The summed E-state index contributed by atoms with van der Waals surface area (Å²) in [5.74, 6) is -0.976. The maximum absolute atomic E-state index is 12.6. The summed E-state index contributed by atoms with van der Waals surface area (Å²) < 4.78 is 21.1. The van der Waals surface area contributed by atoms with Crippen molar-refractivity contribution >= 4 is 37.1 Å². The fraction of sp³-hybridized carbons (Fsp3) is 0.583. The van der Waals surface area contributed by atoms with Gasteiger partial charge in [-0.15, -0.1) is 0 Å². The van der Waals surface area contributed by atoms with Crippen molar-refractivity contribution in [3.8, 4) is 5.75 Å². The minimum absolute atomic E-state index is 0.00488. The van der Waals surface area contributed by atoms with E-state index >= 15 is 0 Å². The van der Waals surface area contributed by atoms with E-state index in [1.165, 1.54) is 26.0 Å². The molecule has 1 aliphatic rings. The molecule has 5 atom stereocenters. The van der Waals surface area contributed by atoms with Crippen LogP contribution < -0.4 is 20.7 Å². The first-order valence-corrected chi connectivity index (χ1v) is 12.6. The summed E-state index contributed by atoms with van der Waals surface area (Å²) >= 11 is 0. The number of carbonyl (C=O) groups excluding carboxylic acids is 4. The molecule has 16 heteroatoms. The second kappa shape index (κ2) is 16.1. The lowest BCUT2D eigenvalue weighted by atomic mass is 9.99. The van der Waals surface area contributed by atoms with Crippen molar-refractivity contribution in [1.29, 1.82) is 0 Å². The molecule has 0 saturated carbocycles. The fourth-order valence-electron chi connectivity index (χ4n) is 3.38. The minimum Gasteiger partial charge on any atom is -0.460 e. The standard InChI is InChI=1S/C24H36BN3O12/c1-12(2)22(35)26-6-5-18(31)28-14-7-13(9-38-24(36)27-11-37-10-17(25)30)3-4-15(14)39-23-21(34)20(33)19(32)16(8-29)40-23/h3-4,7,12,16,19-21,23,29,32-34H,5-6,8-11,25H2,1-2H3,(H,26,35)(H,27,36)(H,28,31)/t16-,19+,20+,21-,23-/m1/s1. The molecule has 1 heterocycles. The van der Waals surface area contributed by atoms with Crippen LogP contribution in [-0.2, 0) is 35.2 Å². The molecule has 1 saturated heterocycles. The Bertz CT molecular complexity index is 1020. The number of aliphatic hydroxyl groups excluding tert-OH is 4. The molecule has 3 amide bonds. The van der Waals surface area contributed by atoms with E-state index in [2.05, 4.69) is 16.0 Å². The lowest BCUT2D eigenvalue weighted by Crippen LogP contribution is -2.60. The average Bonchev–Trinajstić information content (AvgIpc) is 2.91. The van der Waals surface area contributed by atoms with Gasteiger partial charge >= 0.3 is 6.09 Å². The van der Waals surface area contributed by atoms with Gasteiger partial charge in [0, 0.05) is 18.9 Å². The average molecular weight is 569 g/mol. The largest absolute Gasteiger partial charge is 0.460 e. The van der Waals surface area contributed by atoms with Gasteiger partial charge in [0.15, 0.2) is 7.85 Å². The van der Waals surface area contributed by atoms with Gasteiger partial charge in [0.05, 0.1) is 18.9 Å². The number of hydrogen-bond donors (Lipinski definition) is 7. The van der Waals surface area contributed by atoms with Crippen molar-refractivity contribution < 1.29 is 58.6 Å². The van der Waals surface area contributed by atoms with Crippen LogP contribution in [0.5, 0.6) is 5.75 Å². The highest BCUT2D eigenvalue weighted by Gasteiger charge is 2.45. The summed E-state index contributed by atoms with van der Waals surface area (Å²) in [4.78, 5) is 47.1. The van der Waals surface area contributed by atoms with Crippen molar-refractivity contribution in [2.45, 2.75) is 57.6 Å². The van der Waals surface area contributed by atoms with E-state index in [0.717, 1.165) is 0 Å². The van der Waals surface area contributed by atoms with Gasteiger partial charge in [0.2, 0.25) is 18.1 Å². The predicted molar refractivity (Wildman–Crippen MR) is 140 cm³/mol. The zero-order valence-corrected chi connectivity index (χ0v) is 22.5. The van der Waals surface area contributed by atoms with E-state index in [1.54, 1.807) is 13.8 Å². The van der Waals surface area contributed by atoms with Crippen molar-refractivity contribution in [3.05, 3.63) is 23.8 Å². The maximum Gasteiger partial charge on any atom is 0.409 e. The normalized spacial score (nSPS) is 22.3. The van der Waals surface area contributed by atoms with Gasteiger partial charge in [0.1, 0.15) is 49.2 Å². The Morgan fingerprint density at radius 3 is 2.45 bits per heavy atom. The number of amides is 3. The molecule has 0 bridgehead atoms. The Balaban J connectivity index is 2.12. The molecule has 1 aliphatic heterocycles. The number of nitrogens with one attached hydrogen (secondary N) is 3. The van der Waals surface area contributed by atoms with Crippen molar-refractivity contribution in [3.63, 3.8) is 0 Å². The lowest BCUT2D eigenvalue weighted by Gasteiger charge is -2.39. The highest BCUT2D eigenvalue weighted by atomic mass is 16.7. The quantitative estimate of drug-likeness (QED) is 0.0692. The Morgan fingerprint density at radius 2 is 1.80 bits per heavy atom. The minimum atomic E-state index is -1.69. The summed E-state index contributed by atoms with van der Waals surface area (Å²) in [7, 11) is 1.33. The van der Waals surface area contributed by atoms with E-state index in [0.29, 0.717) is 5.56 Å². The highest BCUT2D eigenvalue weighted by Crippen LogP contribution is 2.31. The van der Waals surface area contributed by atoms with Crippen LogP contribution in [0.1, 0.15) is 25.8 Å². The Morgan fingerprint density at radius 1 is 1.07 bits per heavy atom. The monoisotopic (exact) mass is 569 g/mol. The van der Waals surface area contributed by atoms with Crippen LogP contribution in [0.15, 0.2) is 18.2 Å². The molecular formula is C24H36BN3O12. The second-order valence-electron chi connectivity index (χ2n) is 9.34. The second-order valence-corrected chi connectivity index (χ2v) is 9.34. The first-order valence-electron chi connectivity index (χ1n) is 12.6. The first-order chi connectivity index (χ1) is 18.9. The highest BCUT2D eigenvalue weighted by molar-refractivity contribution is 6.58. The number of ether oxygens (including phenoxy) is 4. The third kappa shape index (κ3) is 10.4. The number of benzene rings is 1. The van der Waals surface area contributed by atoms with Gasteiger partial charge in [0.25, 0.3) is 0 Å². The van der Waals surface area contributed by atoms with E-state index in [4.69, 9.17) is 18.9 Å². The van der Waals surface area contributed by atoms with Crippen molar-refractivity contribution in [1.82, 2.24) is 10.6 Å². The fourth-order valence-corrected chi connectivity index (χ4v) is 3.38. The van der Waals surface area contributed by atoms with Crippen LogP contribution in [-0.4, -0.2) is 109 Å². The molecule has 1 aromatic rings. The summed E-state index contributed by atoms with van der Waals surface area (Å²) in [5, 5.41) is 47.4. The van der Waals surface area contributed by atoms with Crippen LogP contribution in [0.4, 0.5) is 10.5 Å². The number of hydrogen-bond acceptors (Lipinski definition) is 12. The Hall–Kier alpha value is -3.28. The van der Waals surface area contributed by atoms with Gasteiger partial charge in [-0.25, -0.2) is 4.79 Å². The van der Waals surface area contributed by atoms with Gasteiger partial charge < -0.3 is 54.8 Å². The van der Waals surface area contributed by atoms with Gasteiger partial charge in [-0.1, -0.05) is 19.9 Å².